The lowest BCUT2D eigenvalue weighted by Crippen LogP contribution is -2.25. The van der Waals surface area contributed by atoms with E-state index in [1.807, 2.05) is 17.5 Å². The van der Waals surface area contributed by atoms with Crippen LogP contribution in [0.25, 0.3) is 0 Å². The minimum absolute atomic E-state index is 0.111. The fourth-order valence-electron chi connectivity index (χ4n) is 3.00. The number of carbonyl (C=O) groups excluding carboxylic acids is 1. The van der Waals surface area contributed by atoms with E-state index in [0.29, 0.717) is 17.9 Å². The molecule has 24 heavy (non-hydrogen) atoms. The highest BCUT2D eigenvalue weighted by Crippen LogP contribution is 2.38. The average molecular weight is 345 g/mol. The maximum Gasteiger partial charge on any atom is 0.226 e. The second-order valence-electron chi connectivity index (χ2n) is 5.66. The van der Waals surface area contributed by atoms with Crippen LogP contribution in [0.15, 0.2) is 41.9 Å². The molecule has 122 valence electrons. The SMILES string of the molecule is O=C1CC(c2ccc(F)cc2F)c2cnn(Cc3cccs3)c2N1. The molecule has 1 unspecified atom stereocenters. The Hall–Kier alpha value is -2.54. The first-order chi connectivity index (χ1) is 11.6. The molecule has 2 aromatic heterocycles. The zero-order valence-corrected chi connectivity index (χ0v) is 13.3. The summed E-state index contributed by atoms with van der Waals surface area (Å²) in [4.78, 5) is 13.2. The van der Waals surface area contributed by atoms with Gasteiger partial charge in [0.2, 0.25) is 5.91 Å². The molecule has 4 rings (SSSR count). The average Bonchev–Trinajstić information content (AvgIpc) is 3.18. The molecule has 3 aromatic rings. The van der Waals surface area contributed by atoms with Gasteiger partial charge < -0.3 is 5.32 Å². The van der Waals surface area contributed by atoms with Gasteiger partial charge >= 0.3 is 0 Å². The Kier molecular flexibility index (Phi) is 3.65. The molecule has 1 atom stereocenters. The van der Waals surface area contributed by atoms with E-state index in [9.17, 15) is 13.6 Å². The number of aromatic nitrogens is 2. The van der Waals surface area contributed by atoms with Gasteiger partial charge in [-0.25, -0.2) is 13.5 Å². The van der Waals surface area contributed by atoms with E-state index in [2.05, 4.69) is 10.4 Å². The zero-order valence-electron chi connectivity index (χ0n) is 12.5. The lowest BCUT2D eigenvalue weighted by atomic mass is 9.87. The van der Waals surface area contributed by atoms with Crippen molar-refractivity contribution in [3.63, 3.8) is 0 Å². The van der Waals surface area contributed by atoms with Crippen molar-refractivity contribution < 1.29 is 13.6 Å². The smallest absolute Gasteiger partial charge is 0.226 e. The third kappa shape index (κ3) is 2.60. The zero-order chi connectivity index (χ0) is 16.7. The van der Waals surface area contributed by atoms with Crippen molar-refractivity contribution in [1.82, 2.24) is 9.78 Å². The minimum Gasteiger partial charge on any atom is -0.311 e. The number of fused-ring (bicyclic) bond motifs is 1. The molecule has 1 aliphatic heterocycles. The topological polar surface area (TPSA) is 46.9 Å². The highest BCUT2D eigenvalue weighted by molar-refractivity contribution is 7.09. The monoisotopic (exact) mass is 345 g/mol. The van der Waals surface area contributed by atoms with Gasteiger partial charge in [-0.05, 0) is 23.1 Å². The van der Waals surface area contributed by atoms with Crippen LogP contribution in [-0.2, 0) is 11.3 Å². The first kappa shape index (κ1) is 15.0. The number of benzene rings is 1. The molecule has 1 aliphatic rings. The van der Waals surface area contributed by atoms with Crippen LogP contribution in [0.2, 0.25) is 0 Å². The van der Waals surface area contributed by atoms with Gasteiger partial charge in [-0.2, -0.15) is 5.10 Å². The number of nitrogens with zero attached hydrogens (tertiary/aromatic N) is 2. The van der Waals surface area contributed by atoms with E-state index in [4.69, 9.17) is 0 Å². The highest BCUT2D eigenvalue weighted by Gasteiger charge is 2.31. The number of anilines is 1. The third-order valence-corrected chi connectivity index (χ3v) is 4.98. The van der Waals surface area contributed by atoms with Crippen molar-refractivity contribution in [3.8, 4) is 0 Å². The van der Waals surface area contributed by atoms with E-state index < -0.39 is 17.6 Å². The number of nitrogens with one attached hydrogen (secondary N) is 1. The van der Waals surface area contributed by atoms with Crippen LogP contribution in [-0.4, -0.2) is 15.7 Å². The van der Waals surface area contributed by atoms with Crippen molar-refractivity contribution in [2.45, 2.75) is 18.9 Å². The largest absolute Gasteiger partial charge is 0.311 e. The molecule has 1 amide bonds. The third-order valence-electron chi connectivity index (χ3n) is 4.11. The van der Waals surface area contributed by atoms with Crippen molar-refractivity contribution in [2.75, 3.05) is 5.32 Å². The molecule has 1 aromatic carbocycles. The summed E-state index contributed by atoms with van der Waals surface area (Å²) in [5, 5.41) is 9.14. The fourth-order valence-corrected chi connectivity index (χ4v) is 3.69. The van der Waals surface area contributed by atoms with Crippen LogP contribution in [0, 0.1) is 11.6 Å². The lowest BCUT2D eigenvalue weighted by molar-refractivity contribution is -0.116. The van der Waals surface area contributed by atoms with E-state index in [0.717, 1.165) is 16.5 Å². The van der Waals surface area contributed by atoms with E-state index in [-0.39, 0.29) is 12.3 Å². The molecule has 0 saturated carbocycles. The van der Waals surface area contributed by atoms with Crippen molar-refractivity contribution in [1.29, 1.82) is 0 Å². The molecule has 0 bridgehead atoms. The maximum atomic E-state index is 14.2. The van der Waals surface area contributed by atoms with E-state index in [1.54, 1.807) is 22.2 Å². The molecule has 3 heterocycles. The van der Waals surface area contributed by atoms with Crippen LogP contribution < -0.4 is 5.32 Å². The van der Waals surface area contributed by atoms with Crippen molar-refractivity contribution in [2.24, 2.45) is 0 Å². The van der Waals surface area contributed by atoms with E-state index >= 15 is 0 Å². The van der Waals surface area contributed by atoms with E-state index in [1.165, 1.54) is 12.1 Å². The molecule has 0 radical (unpaired) electrons. The summed E-state index contributed by atoms with van der Waals surface area (Å²) in [5.41, 5.74) is 1.06. The molecular formula is C17H13F2N3OS. The number of amides is 1. The number of hydrogen-bond donors (Lipinski definition) is 1. The first-order valence-corrected chi connectivity index (χ1v) is 8.32. The fraction of sp³-hybridized carbons (Fsp3) is 0.176. The second-order valence-corrected chi connectivity index (χ2v) is 6.69. The number of hydrogen-bond acceptors (Lipinski definition) is 3. The van der Waals surface area contributed by atoms with Crippen LogP contribution >= 0.6 is 11.3 Å². The standard InChI is InChI=1S/C17H13F2N3OS/c18-10-3-4-12(15(19)6-10)13-7-16(23)21-17-14(13)8-20-22(17)9-11-2-1-5-24-11/h1-6,8,13H,7,9H2,(H,21,23). The number of halogens is 2. The summed E-state index contributed by atoms with van der Waals surface area (Å²) in [7, 11) is 0. The molecule has 0 aliphatic carbocycles. The minimum atomic E-state index is -0.647. The molecule has 0 fully saturated rings. The Morgan fingerprint density at radius 2 is 2.17 bits per heavy atom. The van der Waals surface area contributed by atoms with Gasteiger partial charge in [-0.1, -0.05) is 12.1 Å². The molecule has 4 nitrogen and oxygen atoms in total. The molecule has 7 heteroatoms. The Morgan fingerprint density at radius 1 is 1.29 bits per heavy atom. The Balaban J connectivity index is 1.75. The van der Waals surface area contributed by atoms with Gasteiger partial charge in [0.15, 0.2) is 0 Å². The normalized spacial score (nSPS) is 16.8. The van der Waals surface area contributed by atoms with Crippen LogP contribution in [0.5, 0.6) is 0 Å². The lowest BCUT2D eigenvalue weighted by Gasteiger charge is -2.24. The summed E-state index contributed by atoms with van der Waals surface area (Å²) in [6.45, 7) is 0.534. The summed E-state index contributed by atoms with van der Waals surface area (Å²) < 4.78 is 29.0. The van der Waals surface area contributed by atoms with Crippen LogP contribution in [0.1, 0.15) is 28.3 Å². The summed E-state index contributed by atoms with van der Waals surface area (Å²) in [6, 6.07) is 7.39. The Morgan fingerprint density at radius 3 is 2.92 bits per heavy atom. The summed E-state index contributed by atoms with van der Waals surface area (Å²) in [6.07, 6.45) is 1.76. The Bertz CT molecular complexity index is 905. The number of rotatable bonds is 3. The maximum absolute atomic E-state index is 14.2. The predicted octanol–water partition coefficient (Wildman–Crippen LogP) is 3.75. The van der Waals surface area contributed by atoms with Gasteiger partial charge in [0, 0.05) is 28.8 Å². The van der Waals surface area contributed by atoms with Crippen molar-refractivity contribution in [3.05, 3.63) is 69.5 Å². The molecule has 0 saturated heterocycles. The Labute approximate surface area is 140 Å². The first-order valence-electron chi connectivity index (χ1n) is 7.44. The molecule has 0 spiro atoms. The molecular weight excluding hydrogens is 332 g/mol. The highest BCUT2D eigenvalue weighted by atomic mass is 32.1. The molecule has 1 N–H and O–H groups in total. The van der Waals surface area contributed by atoms with Gasteiger partial charge in [0.05, 0.1) is 12.7 Å². The summed E-state index contributed by atoms with van der Waals surface area (Å²) >= 11 is 1.60. The van der Waals surface area contributed by atoms with Crippen LogP contribution in [0.4, 0.5) is 14.6 Å². The second kappa shape index (κ2) is 5.83. The van der Waals surface area contributed by atoms with Gasteiger partial charge in [0.1, 0.15) is 17.5 Å². The van der Waals surface area contributed by atoms with Crippen molar-refractivity contribution >= 4 is 23.1 Å². The predicted molar refractivity (Wildman–Crippen MR) is 87.1 cm³/mol. The van der Waals surface area contributed by atoms with Gasteiger partial charge in [0.25, 0.3) is 0 Å². The quantitative estimate of drug-likeness (QED) is 0.786. The number of carbonyl (C=O) groups is 1. The van der Waals surface area contributed by atoms with Crippen LogP contribution in [0.3, 0.4) is 0 Å². The van der Waals surface area contributed by atoms with Gasteiger partial charge in [-0.3, -0.25) is 4.79 Å². The van der Waals surface area contributed by atoms with Gasteiger partial charge in [-0.15, -0.1) is 11.3 Å². The number of thiophene rings is 1. The summed E-state index contributed by atoms with van der Waals surface area (Å²) in [5.74, 6) is -1.37.